The predicted molar refractivity (Wildman–Crippen MR) is 74.5 cm³/mol. The quantitative estimate of drug-likeness (QED) is 0.281. The normalized spacial score (nSPS) is 12.2. The zero-order valence-corrected chi connectivity index (χ0v) is 11.9. The van der Waals surface area contributed by atoms with Crippen molar-refractivity contribution in [2.45, 2.75) is 33.0 Å². The van der Waals surface area contributed by atoms with Gasteiger partial charge in [0.15, 0.2) is 5.84 Å². The Bertz CT molecular complexity index is 492. The molecule has 0 spiro atoms. The van der Waals surface area contributed by atoms with Crippen LogP contribution in [0.1, 0.15) is 31.9 Å². The summed E-state index contributed by atoms with van der Waals surface area (Å²) >= 11 is 0. The van der Waals surface area contributed by atoms with E-state index in [1.165, 1.54) is 0 Å². The molecule has 0 aromatic heterocycles. The van der Waals surface area contributed by atoms with Gasteiger partial charge in [0, 0.05) is 5.56 Å². The van der Waals surface area contributed by atoms with E-state index < -0.39 is 11.6 Å². The summed E-state index contributed by atoms with van der Waals surface area (Å²) in [6.45, 7) is 5.51. The number of oxime groups is 1. The Labute approximate surface area is 118 Å². The lowest BCUT2D eigenvalue weighted by molar-refractivity contribution is -0.160. The Morgan fingerprint density at radius 2 is 2.10 bits per heavy atom. The first kappa shape index (κ1) is 16.0. The smallest absolute Gasteiger partial charge is 0.332 e. The molecule has 20 heavy (non-hydrogen) atoms. The number of amidine groups is 1. The number of benzene rings is 1. The molecule has 0 fully saturated rings. The van der Waals surface area contributed by atoms with Crippen LogP contribution in [0, 0.1) is 0 Å². The maximum atomic E-state index is 11.5. The van der Waals surface area contributed by atoms with Crippen LogP contribution in [-0.4, -0.2) is 29.2 Å². The molecule has 0 saturated heterocycles. The molecule has 110 valence electrons. The molecular formula is C14H20N2O4. The third-order valence-electron chi connectivity index (χ3n) is 2.24. The largest absolute Gasteiger partial charge is 0.458 e. The topological polar surface area (TPSA) is 94.1 Å². The van der Waals surface area contributed by atoms with Crippen LogP contribution in [-0.2, 0) is 20.9 Å². The van der Waals surface area contributed by atoms with Crippen molar-refractivity contribution in [2.75, 3.05) is 6.61 Å². The minimum Gasteiger partial charge on any atom is -0.458 e. The zero-order valence-electron chi connectivity index (χ0n) is 11.9. The highest BCUT2D eigenvalue weighted by Gasteiger charge is 2.16. The van der Waals surface area contributed by atoms with Crippen molar-refractivity contribution < 1.29 is 19.5 Å². The summed E-state index contributed by atoms with van der Waals surface area (Å²) in [5, 5.41) is 11.5. The van der Waals surface area contributed by atoms with Gasteiger partial charge in [-0.15, -0.1) is 0 Å². The first-order valence-corrected chi connectivity index (χ1v) is 6.18. The van der Waals surface area contributed by atoms with Crippen LogP contribution in [0.2, 0.25) is 0 Å². The summed E-state index contributed by atoms with van der Waals surface area (Å²) in [4.78, 5) is 11.5. The van der Waals surface area contributed by atoms with E-state index in [9.17, 15) is 4.79 Å². The van der Waals surface area contributed by atoms with Gasteiger partial charge < -0.3 is 20.4 Å². The van der Waals surface area contributed by atoms with Gasteiger partial charge in [0.1, 0.15) is 12.2 Å². The number of nitrogens with two attached hydrogens (primary N) is 1. The lowest BCUT2D eigenvalue weighted by Crippen LogP contribution is -2.26. The van der Waals surface area contributed by atoms with Crippen LogP contribution in [0.15, 0.2) is 29.4 Å². The van der Waals surface area contributed by atoms with E-state index in [4.69, 9.17) is 20.4 Å². The summed E-state index contributed by atoms with van der Waals surface area (Å²) in [6, 6.07) is 7.03. The fourth-order valence-corrected chi connectivity index (χ4v) is 1.50. The van der Waals surface area contributed by atoms with Crippen molar-refractivity contribution in [3.05, 3.63) is 35.4 Å². The van der Waals surface area contributed by atoms with Gasteiger partial charge in [0.25, 0.3) is 0 Å². The molecule has 3 N–H and O–H groups in total. The number of esters is 1. The molecule has 0 aliphatic heterocycles. The SMILES string of the molecule is CC(C)(C)OC(=O)COCc1cccc(/C(N)=N\O)c1. The number of hydrogen-bond donors (Lipinski definition) is 2. The number of hydrogen-bond acceptors (Lipinski definition) is 5. The van der Waals surface area contributed by atoms with Crippen molar-refractivity contribution in [3.8, 4) is 0 Å². The second-order valence-electron chi connectivity index (χ2n) is 5.26. The van der Waals surface area contributed by atoms with Crippen LogP contribution in [0.4, 0.5) is 0 Å². The summed E-state index contributed by atoms with van der Waals surface area (Å²) < 4.78 is 10.4. The van der Waals surface area contributed by atoms with Crippen molar-refractivity contribution in [3.63, 3.8) is 0 Å². The van der Waals surface area contributed by atoms with Crippen LogP contribution >= 0.6 is 0 Å². The van der Waals surface area contributed by atoms with E-state index in [1.807, 2.05) is 6.07 Å². The molecular weight excluding hydrogens is 260 g/mol. The van der Waals surface area contributed by atoms with Gasteiger partial charge >= 0.3 is 5.97 Å². The number of nitrogens with zero attached hydrogens (tertiary/aromatic N) is 1. The van der Waals surface area contributed by atoms with Gasteiger partial charge in [-0.05, 0) is 32.4 Å². The van der Waals surface area contributed by atoms with Crippen molar-refractivity contribution in [2.24, 2.45) is 10.9 Å². The highest BCUT2D eigenvalue weighted by atomic mass is 16.6. The van der Waals surface area contributed by atoms with E-state index in [0.29, 0.717) is 5.56 Å². The molecule has 1 aromatic rings. The molecule has 0 radical (unpaired) electrons. The monoisotopic (exact) mass is 280 g/mol. The van der Waals surface area contributed by atoms with E-state index in [0.717, 1.165) is 5.56 Å². The first-order valence-electron chi connectivity index (χ1n) is 6.18. The van der Waals surface area contributed by atoms with Crippen molar-refractivity contribution in [1.82, 2.24) is 0 Å². The predicted octanol–water partition coefficient (Wildman–Crippen LogP) is 1.64. The number of ether oxygens (including phenoxy) is 2. The molecule has 0 heterocycles. The molecule has 6 heteroatoms. The second-order valence-corrected chi connectivity index (χ2v) is 5.26. The molecule has 0 bridgehead atoms. The standard InChI is InChI=1S/C14H20N2O4/c1-14(2,3)20-12(17)9-19-8-10-5-4-6-11(7-10)13(15)16-18/h4-7,18H,8-9H2,1-3H3,(H2,15,16). The first-order chi connectivity index (χ1) is 9.31. The van der Waals surface area contributed by atoms with Crippen LogP contribution < -0.4 is 5.73 Å². The molecule has 0 unspecified atom stereocenters. The molecule has 0 amide bonds. The lowest BCUT2D eigenvalue weighted by atomic mass is 10.1. The van der Waals surface area contributed by atoms with Gasteiger partial charge in [0.2, 0.25) is 0 Å². The van der Waals surface area contributed by atoms with E-state index in [2.05, 4.69) is 5.16 Å². The fourth-order valence-electron chi connectivity index (χ4n) is 1.50. The van der Waals surface area contributed by atoms with Crippen LogP contribution in [0.5, 0.6) is 0 Å². The number of carbonyl (C=O) groups excluding carboxylic acids is 1. The fraction of sp³-hybridized carbons (Fsp3) is 0.429. The maximum absolute atomic E-state index is 11.5. The molecule has 0 saturated carbocycles. The average Bonchev–Trinajstić information content (AvgIpc) is 2.36. The van der Waals surface area contributed by atoms with Gasteiger partial charge in [-0.2, -0.15) is 0 Å². The number of carbonyl (C=O) groups is 1. The Morgan fingerprint density at radius 1 is 1.40 bits per heavy atom. The Kier molecular flexibility index (Phi) is 5.52. The second kappa shape index (κ2) is 6.91. The number of rotatable bonds is 5. The Morgan fingerprint density at radius 3 is 2.70 bits per heavy atom. The van der Waals surface area contributed by atoms with Gasteiger partial charge in [-0.3, -0.25) is 0 Å². The molecule has 1 rings (SSSR count). The van der Waals surface area contributed by atoms with Gasteiger partial charge in [0.05, 0.1) is 6.61 Å². The van der Waals surface area contributed by atoms with Crippen molar-refractivity contribution in [1.29, 1.82) is 0 Å². The minimum atomic E-state index is -0.521. The van der Waals surface area contributed by atoms with Gasteiger partial charge in [-0.1, -0.05) is 23.4 Å². The summed E-state index contributed by atoms with van der Waals surface area (Å²) in [7, 11) is 0. The molecule has 0 aliphatic carbocycles. The Balaban J connectivity index is 2.49. The van der Waals surface area contributed by atoms with Crippen LogP contribution in [0.25, 0.3) is 0 Å². The van der Waals surface area contributed by atoms with E-state index >= 15 is 0 Å². The molecule has 1 aromatic carbocycles. The third-order valence-corrected chi connectivity index (χ3v) is 2.24. The van der Waals surface area contributed by atoms with E-state index in [1.54, 1.807) is 39.0 Å². The van der Waals surface area contributed by atoms with E-state index in [-0.39, 0.29) is 19.0 Å². The zero-order chi connectivity index (χ0) is 15.2. The molecule has 6 nitrogen and oxygen atoms in total. The average molecular weight is 280 g/mol. The molecule has 0 atom stereocenters. The summed E-state index contributed by atoms with van der Waals surface area (Å²) in [5.41, 5.74) is 6.38. The summed E-state index contributed by atoms with van der Waals surface area (Å²) in [5.74, 6) is -0.385. The maximum Gasteiger partial charge on any atom is 0.332 e. The lowest BCUT2D eigenvalue weighted by Gasteiger charge is -2.19. The molecule has 0 aliphatic rings. The Hall–Kier alpha value is -2.08. The highest BCUT2D eigenvalue weighted by Crippen LogP contribution is 2.09. The third kappa shape index (κ3) is 5.71. The van der Waals surface area contributed by atoms with Gasteiger partial charge in [-0.25, -0.2) is 4.79 Å². The van der Waals surface area contributed by atoms with Crippen molar-refractivity contribution >= 4 is 11.8 Å². The highest BCUT2D eigenvalue weighted by molar-refractivity contribution is 5.97. The minimum absolute atomic E-state index is 0.0268. The van der Waals surface area contributed by atoms with Crippen LogP contribution in [0.3, 0.4) is 0 Å². The summed E-state index contributed by atoms with van der Waals surface area (Å²) in [6.07, 6.45) is 0.